The van der Waals surface area contributed by atoms with E-state index in [1.54, 1.807) is 4.90 Å². The molecule has 0 saturated carbocycles. The number of carbonyl (C=O) groups excluding carboxylic acids is 2. The molecule has 6 nitrogen and oxygen atoms in total. The predicted octanol–water partition coefficient (Wildman–Crippen LogP) is 4.18. The van der Waals surface area contributed by atoms with Crippen LogP contribution in [0.3, 0.4) is 0 Å². The average Bonchev–Trinajstić information content (AvgIpc) is 3.15. The number of aromatic nitrogens is 1. The van der Waals surface area contributed by atoms with E-state index >= 15 is 0 Å². The van der Waals surface area contributed by atoms with Gasteiger partial charge < -0.3 is 15.0 Å². The molecule has 0 spiro atoms. The first-order valence-corrected chi connectivity index (χ1v) is 10.2. The summed E-state index contributed by atoms with van der Waals surface area (Å²) in [6.45, 7) is 4.39. The summed E-state index contributed by atoms with van der Waals surface area (Å²) in [5.41, 5.74) is 4.96. The number of hydrogen-bond acceptors (Lipinski definition) is 5. The van der Waals surface area contributed by atoms with Crippen molar-refractivity contribution in [1.29, 1.82) is 0 Å². The van der Waals surface area contributed by atoms with Crippen molar-refractivity contribution in [2.24, 2.45) is 0 Å². The normalized spacial score (nSPS) is 13.0. The maximum absolute atomic E-state index is 12.4. The van der Waals surface area contributed by atoms with Gasteiger partial charge in [-0.3, -0.25) is 9.59 Å². The SMILES string of the molecule is Cc1ccc(-c2csc(NC(=O)CCN3C(=O)COc4ccccc43)n2)c(C)c1. The van der Waals surface area contributed by atoms with E-state index in [0.29, 0.717) is 23.1 Å². The molecule has 1 N–H and O–H groups in total. The van der Waals surface area contributed by atoms with Crippen LogP contribution in [0, 0.1) is 13.8 Å². The number of nitrogens with zero attached hydrogens (tertiary/aromatic N) is 2. The molecule has 1 aliphatic rings. The number of benzene rings is 2. The van der Waals surface area contributed by atoms with E-state index in [1.807, 2.05) is 35.7 Å². The van der Waals surface area contributed by atoms with Gasteiger partial charge in [0.15, 0.2) is 11.7 Å². The zero-order valence-corrected chi connectivity index (χ0v) is 17.1. The third kappa shape index (κ3) is 4.14. The minimum absolute atomic E-state index is 0.00955. The number of rotatable bonds is 5. The Morgan fingerprint density at radius 1 is 1.24 bits per heavy atom. The lowest BCUT2D eigenvalue weighted by Crippen LogP contribution is -2.40. The van der Waals surface area contributed by atoms with Crippen LogP contribution < -0.4 is 15.0 Å². The number of nitrogens with one attached hydrogen (secondary N) is 1. The molecule has 0 fully saturated rings. The number of hydrogen-bond donors (Lipinski definition) is 1. The molecule has 29 heavy (non-hydrogen) atoms. The van der Waals surface area contributed by atoms with Gasteiger partial charge in [-0.05, 0) is 31.5 Å². The van der Waals surface area contributed by atoms with Crippen LogP contribution in [-0.4, -0.2) is 29.9 Å². The summed E-state index contributed by atoms with van der Waals surface area (Å²) in [6, 6.07) is 13.6. The summed E-state index contributed by atoms with van der Waals surface area (Å²) in [4.78, 5) is 30.8. The summed E-state index contributed by atoms with van der Waals surface area (Å²) < 4.78 is 5.43. The molecule has 7 heteroatoms. The van der Waals surface area contributed by atoms with Gasteiger partial charge in [0, 0.05) is 23.9 Å². The molecular formula is C22H21N3O3S. The Hall–Kier alpha value is -3.19. The molecule has 1 aliphatic heterocycles. The summed E-state index contributed by atoms with van der Waals surface area (Å²) in [5, 5.41) is 5.33. The number of anilines is 2. The van der Waals surface area contributed by atoms with E-state index in [2.05, 4.69) is 36.3 Å². The van der Waals surface area contributed by atoms with Crippen molar-refractivity contribution in [2.45, 2.75) is 20.3 Å². The highest BCUT2D eigenvalue weighted by atomic mass is 32.1. The van der Waals surface area contributed by atoms with E-state index in [1.165, 1.54) is 16.9 Å². The second-order valence-electron chi connectivity index (χ2n) is 6.96. The lowest BCUT2D eigenvalue weighted by molar-refractivity contribution is -0.121. The maximum Gasteiger partial charge on any atom is 0.265 e. The fourth-order valence-corrected chi connectivity index (χ4v) is 4.08. The molecular weight excluding hydrogens is 386 g/mol. The third-order valence-corrected chi connectivity index (χ3v) is 5.54. The van der Waals surface area contributed by atoms with Crippen LogP contribution in [0.2, 0.25) is 0 Å². The van der Waals surface area contributed by atoms with Gasteiger partial charge in [0.1, 0.15) is 5.75 Å². The molecule has 0 radical (unpaired) electrons. The second-order valence-corrected chi connectivity index (χ2v) is 7.81. The highest BCUT2D eigenvalue weighted by molar-refractivity contribution is 7.14. The highest BCUT2D eigenvalue weighted by Gasteiger charge is 2.25. The van der Waals surface area contributed by atoms with Crippen molar-refractivity contribution < 1.29 is 14.3 Å². The van der Waals surface area contributed by atoms with Crippen molar-refractivity contribution in [3.8, 4) is 17.0 Å². The molecule has 1 aromatic heterocycles. The molecule has 2 aromatic carbocycles. The van der Waals surface area contributed by atoms with Crippen LogP contribution in [0.5, 0.6) is 5.75 Å². The summed E-state index contributed by atoms with van der Waals surface area (Å²) in [5.74, 6) is 0.330. The summed E-state index contributed by atoms with van der Waals surface area (Å²) >= 11 is 1.39. The Kier molecular flexibility index (Phi) is 5.31. The topological polar surface area (TPSA) is 71.5 Å². The number of amides is 2. The van der Waals surface area contributed by atoms with Crippen LogP contribution in [0.1, 0.15) is 17.5 Å². The Labute approximate surface area is 173 Å². The quantitative estimate of drug-likeness (QED) is 0.689. The van der Waals surface area contributed by atoms with Crippen molar-refractivity contribution in [1.82, 2.24) is 4.98 Å². The van der Waals surface area contributed by atoms with Crippen molar-refractivity contribution in [3.63, 3.8) is 0 Å². The van der Waals surface area contributed by atoms with E-state index < -0.39 is 0 Å². The summed E-state index contributed by atoms with van der Waals surface area (Å²) in [7, 11) is 0. The van der Waals surface area contributed by atoms with Crippen molar-refractivity contribution >= 4 is 34.0 Å². The third-order valence-electron chi connectivity index (χ3n) is 4.78. The maximum atomic E-state index is 12.4. The van der Waals surface area contributed by atoms with Crippen molar-refractivity contribution in [3.05, 3.63) is 59.0 Å². The number of thiazole rings is 1. The van der Waals surface area contributed by atoms with Crippen LogP contribution in [0.25, 0.3) is 11.3 Å². The fraction of sp³-hybridized carbons (Fsp3) is 0.227. The van der Waals surface area contributed by atoms with Gasteiger partial charge in [0.25, 0.3) is 5.91 Å². The van der Waals surface area contributed by atoms with E-state index in [0.717, 1.165) is 16.8 Å². The van der Waals surface area contributed by atoms with Gasteiger partial charge in [0.05, 0.1) is 11.4 Å². The average molecular weight is 407 g/mol. The lowest BCUT2D eigenvalue weighted by atomic mass is 10.0. The molecule has 0 saturated heterocycles. The molecule has 148 valence electrons. The fourth-order valence-electron chi connectivity index (χ4n) is 3.35. The first kappa shape index (κ1) is 19.1. The minimum Gasteiger partial charge on any atom is -0.482 e. The van der Waals surface area contributed by atoms with Crippen LogP contribution in [-0.2, 0) is 9.59 Å². The van der Waals surface area contributed by atoms with E-state index in [4.69, 9.17) is 4.74 Å². The molecule has 2 amide bonds. The Morgan fingerprint density at radius 2 is 2.07 bits per heavy atom. The first-order valence-electron chi connectivity index (χ1n) is 9.36. The molecule has 4 rings (SSSR count). The first-order chi connectivity index (χ1) is 14.0. The zero-order chi connectivity index (χ0) is 20.4. The van der Waals surface area contributed by atoms with Crippen LogP contribution >= 0.6 is 11.3 Å². The number of fused-ring (bicyclic) bond motifs is 1. The lowest BCUT2D eigenvalue weighted by Gasteiger charge is -2.29. The molecule has 0 aliphatic carbocycles. The van der Waals surface area contributed by atoms with Gasteiger partial charge in [-0.15, -0.1) is 11.3 Å². The smallest absolute Gasteiger partial charge is 0.265 e. The predicted molar refractivity (Wildman–Crippen MR) is 115 cm³/mol. The minimum atomic E-state index is -0.177. The Bertz CT molecular complexity index is 1080. The van der Waals surface area contributed by atoms with Gasteiger partial charge >= 0.3 is 0 Å². The highest BCUT2D eigenvalue weighted by Crippen LogP contribution is 2.32. The number of para-hydroxylation sites is 2. The molecule has 0 unspecified atom stereocenters. The number of carbonyl (C=O) groups is 2. The molecule has 3 aromatic rings. The van der Waals surface area contributed by atoms with Gasteiger partial charge in [-0.25, -0.2) is 4.98 Å². The van der Waals surface area contributed by atoms with Crippen molar-refractivity contribution in [2.75, 3.05) is 23.4 Å². The number of ether oxygens (including phenoxy) is 1. The molecule has 0 bridgehead atoms. The second kappa shape index (κ2) is 8.05. The van der Waals surface area contributed by atoms with E-state index in [-0.39, 0.29) is 24.8 Å². The van der Waals surface area contributed by atoms with Gasteiger partial charge in [0.2, 0.25) is 5.91 Å². The van der Waals surface area contributed by atoms with E-state index in [9.17, 15) is 9.59 Å². The molecule has 0 atom stereocenters. The number of aryl methyl sites for hydroxylation is 2. The van der Waals surface area contributed by atoms with Crippen LogP contribution in [0.4, 0.5) is 10.8 Å². The Morgan fingerprint density at radius 3 is 2.90 bits per heavy atom. The molecule has 2 heterocycles. The summed E-state index contributed by atoms with van der Waals surface area (Å²) in [6.07, 6.45) is 0.179. The standard InChI is InChI=1S/C22H21N3O3S/c1-14-7-8-16(15(2)11-14)17-13-29-22(23-17)24-20(26)9-10-25-18-5-3-4-6-19(18)28-12-21(25)27/h3-8,11,13H,9-10,12H2,1-2H3,(H,23,24,26). The largest absolute Gasteiger partial charge is 0.482 e. The van der Waals surface area contributed by atoms with Gasteiger partial charge in [-0.2, -0.15) is 0 Å². The van der Waals surface area contributed by atoms with Crippen LogP contribution in [0.15, 0.2) is 47.8 Å². The monoisotopic (exact) mass is 407 g/mol. The zero-order valence-electron chi connectivity index (χ0n) is 16.3. The Balaban J connectivity index is 1.40. The van der Waals surface area contributed by atoms with Gasteiger partial charge in [-0.1, -0.05) is 35.9 Å².